The molecule has 2 heterocycles. The number of terminal acetylenes is 1. The Bertz CT molecular complexity index is 3710. The summed E-state index contributed by atoms with van der Waals surface area (Å²) in [6, 6.07) is 42.7. The Morgan fingerprint density at radius 3 is 1.75 bits per heavy atom. The number of phenolic OH excluding ortho intramolecular Hbond substituents is 1. The molecule has 6 aromatic rings. The van der Waals surface area contributed by atoms with Gasteiger partial charge in [-0.25, -0.2) is 8.42 Å². The van der Waals surface area contributed by atoms with Crippen molar-refractivity contribution in [1.82, 2.24) is 0 Å². The fourth-order valence-electron chi connectivity index (χ4n) is 12.7. The maximum absolute atomic E-state index is 13.3. The van der Waals surface area contributed by atoms with Gasteiger partial charge in [-0.3, -0.25) is 28.9 Å². The van der Waals surface area contributed by atoms with E-state index in [4.69, 9.17) is 21.0 Å². The van der Waals surface area contributed by atoms with Crippen molar-refractivity contribution in [3.05, 3.63) is 151 Å². The zero-order valence-electron chi connectivity index (χ0n) is 54.6. The van der Waals surface area contributed by atoms with Crippen LogP contribution in [0, 0.1) is 52.3 Å². The molecule has 7 atom stereocenters. The fraction of sp³-hybridized carbons (Fsp3) is 0.473. The SMILES string of the molecule is C#Cc1ccc(N2C(=O)C(C)C(C)C2=O)cc1.CCC(C)(C)C(=O)OC1(C)C=CCC1.CCC(C)(C)C(=O)OC12CC3CC(C1)CC(C(=O)OC(CS(=O)(=O)[O-])C(F)(F)F)(C3)C2.CCC(C)c1cccc(O)c1.c1ccc(-[s+]2c3ccccc3c3ccccc32)cc1. The number of carbonyl (C=O) groups is 5. The van der Waals surface area contributed by atoms with Gasteiger partial charge in [-0.1, -0.05) is 108 Å². The molecular formula is C74H88F3NO12S2. The molecule has 5 fully saturated rings. The van der Waals surface area contributed by atoms with Gasteiger partial charge in [0.25, 0.3) is 0 Å². The van der Waals surface area contributed by atoms with Crippen molar-refractivity contribution in [2.45, 2.75) is 176 Å². The predicted molar refractivity (Wildman–Crippen MR) is 355 cm³/mol. The summed E-state index contributed by atoms with van der Waals surface area (Å²) in [4.78, 5) is 64.0. The molecular weight excluding hydrogens is 1220 g/mol. The Morgan fingerprint density at radius 2 is 1.28 bits per heavy atom. The van der Waals surface area contributed by atoms with E-state index in [1.165, 1.54) is 35.5 Å². The zero-order chi connectivity index (χ0) is 67.8. The lowest BCUT2D eigenvalue weighted by Gasteiger charge is -2.60. The summed E-state index contributed by atoms with van der Waals surface area (Å²) in [5, 5.41) is 11.9. The van der Waals surface area contributed by atoms with Gasteiger partial charge in [0.1, 0.15) is 17.0 Å². The van der Waals surface area contributed by atoms with E-state index < -0.39 is 56.5 Å². The number of fused-ring (bicyclic) bond motifs is 3. The van der Waals surface area contributed by atoms with Gasteiger partial charge in [-0.05, 0) is 201 Å². The third-order valence-corrected chi connectivity index (χ3v) is 22.0. The second-order valence-corrected chi connectivity index (χ2v) is 30.3. The number of alkyl halides is 3. The van der Waals surface area contributed by atoms with E-state index in [2.05, 4.69) is 109 Å². The number of benzene rings is 5. The third-order valence-electron chi connectivity index (χ3n) is 19.0. The maximum atomic E-state index is 13.3. The molecule has 1 saturated heterocycles. The average Bonchev–Trinajstić information content (AvgIpc) is 1.03. The summed E-state index contributed by atoms with van der Waals surface area (Å²) in [5.74, 6) is -0.922. The number of thiophene rings is 1. The van der Waals surface area contributed by atoms with Crippen LogP contribution >= 0.6 is 10.5 Å². The molecule has 4 bridgehead atoms. The highest BCUT2D eigenvalue weighted by molar-refractivity contribution is 7.85. The van der Waals surface area contributed by atoms with Crippen LogP contribution in [0.1, 0.15) is 164 Å². The third kappa shape index (κ3) is 17.3. The number of phenols is 1. The number of aromatic hydroxyl groups is 1. The first-order valence-corrected chi connectivity index (χ1v) is 34.5. The van der Waals surface area contributed by atoms with Crippen LogP contribution < -0.4 is 4.90 Å². The van der Waals surface area contributed by atoms with Crippen molar-refractivity contribution in [1.29, 1.82) is 0 Å². The monoisotopic (exact) mass is 1300 g/mol. The number of anilines is 1. The minimum absolute atomic E-state index is 0.00100. The molecule has 7 unspecified atom stereocenters. The number of hydrogen-bond acceptors (Lipinski definition) is 12. The van der Waals surface area contributed by atoms with Crippen molar-refractivity contribution in [2.24, 2.45) is 39.9 Å². The first kappa shape index (κ1) is 72.1. The number of halogens is 3. The van der Waals surface area contributed by atoms with Gasteiger partial charge < -0.3 is 23.9 Å². The van der Waals surface area contributed by atoms with Crippen LogP contribution in [0.25, 0.3) is 25.1 Å². The number of rotatable bonds is 14. The summed E-state index contributed by atoms with van der Waals surface area (Å²) >= 11 is 0. The maximum Gasteiger partial charge on any atom is 0.426 e. The van der Waals surface area contributed by atoms with Crippen molar-refractivity contribution in [3.8, 4) is 23.0 Å². The number of esters is 3. The Hall–Kier alpha value is -7.33. The summed E-state index contributed by atoms with van der Waals surface area (Å²) in [7, 11) is -5.21. The predicted octanol–water partition coefficient (Wildman–Crippen LogP) is 16.8. The molecule has 6 aliphatic rings. The molecule has 5 aliphatic carbocycles. The lowest BCUT2D eigenvalue weighted by atomic mass is 9.48. The van der Waals surface area contributed by atoms with Gasteiger partial charge in [0.15, 0.2) is 14.3 Å². The molecule has 92 heavy (non-hydrogen) atoms. The van der Waals surface area contributed by atoms with E-state index in [1.807, 2.05) is 58.9 Å². The summed E-state index contributed by atoms with van der Waals surface area (Å²) in [6.45, 7) is 21.0. The van der Waals surface area contributed by atoms with Gasteiger partial charge >= 0.3 is 24.1 Å². The minimum atomic E-state index is -5.27. The second-order valence-electron chi connectivity index (χ2n) is 26.9. The Morgan fingerprint density at radius 1 is 0.761 bits per heavy atom. The quantitative estimate of drug-likeness (QED) is 0.0207. The van der Waals surface area contributed by atoms with E-state index in [1.54, 1.807) is 58.0 Å². The normalized spacial score (nSPS) is 23.7. The Kier molecular flexibility index (Phi) is 23.0. The van der Waals surface area contributed by atoms with Crippen LogP contribution in [0.4, 0.5) is 18.9 Å². The van der Waals surface area contributed by atoms with Crippen LogP contribution in [0.3, 0.4) is 0 Å². The van der Waals surface area contributed by atoms with Crippen LogP contribution in [0.2, 0.25) is 0 Å². The molecule has 0 radical (unpaired) electrons. The average molecular weight is 1300 g/mol. The minimum Gasteiger partial charge on any atom is -0.748 e. The lowest BCUT2D eigenvalue weighted by Crippen LogP contribution is -2.61. The molecule has 2 amide bonds. The number of nitrogens with zero attached hydrogens (tertiary/aromatic N) is 1. The van der Waals surface area contributed by atoms with E-state index in [0.29, 0.717) is 49.5 Å². The van der Waals surface area contributed by atoms with Gasteiger partial charge in [-0.15, -0.1) is 6.42 Å². The van der Waals surface area contributed by atoms with E-state index >= 15 is 0 Å². The van der Waals surface area contributed by atoms with E-state index in [-0.39, 0.29) is 69.4 Å². The fourth-order valence-corrected chi connectivity index (χ4v) is 15.7. The van der Waals surface area contributed by atoms with Crippen molar-refractivity contribution < 1.29 is 69.4 Å². The van der Waals surface area contributed by atoms with Crippen LogP contribution in [0.5, 0.6) is 5.75 Å². The number of hydrogen-bond donors (Lipinski definition) is 1. The number of allylic oxidation sites excluding steroid dienone is 1. The molecule has 494 valence electrons. The highest BCUT2D eigenvalue weighted by Crippen LogP contribution is 2.64. The molecule has 1 aliphatic heterocycles. The molecule has 0 spiro atoms. The molecule has 4 saturated carbocycles. The van der Waals surface area contributed by atoms with Gasteiger partial charge in [0.05, 0.1) is 37.8 Å². The summed E-state index contributed by atoms with van der Waals surface area (Å²) in [5.41, 5.74) is -1.14. The van der Waals surface area contributed by atoms with Crippen molar-refractivity contribution in [3.63, 3.8) is 0 Å². The van der Waals surface area contributed by atoms with Gasteiger partial charge in [0, 0.05) is 45.1 Å². The lowest BCUT2D eigenvalue weighted by molar-refractivity contribution is -0.239. The number of carbonyl (C=O) groups excluding carboxylic acids is 5. The summed E-state index contributed by atoms with van der Waals surface area (Å²) in [6.07, 6.45) is 8.04. The van der Waals surface area contributed by atoms with Crippen LogP contribution in [-0.4, -0.2) is 77.0 Å². The first-order valence-electron chi connectivity index (χ1n) is 31.7. The summed E-state index contributed by atoms with van der Waals surface area (Å²) < 4.78 is 91.5. The van der Waals surface area contributed by atoms with Gasteiger partial charge in [0.2, 0.25) is 17.9 Å². The van der Waals surface area contributed by atoms with Crippen LogP contribution in [-0.2, 0) is 48.3 Å². The zero-order valence-corrected chi connectivity index (χ0v) is 56.3. The molecule has 5 aromatic carbocycles. The number of ether oxygens (including phenoxy) is 3. The topological polar surface area (TPSA) is 194 Å². The molecule has 18 heteroatoms. The van der Waals surface area contributed by atoms with Crippen molar-refractivity contribution in [2.75, 3.05) is 10.7 Å². The first-order chi connectivity index (χ1) is 43.1. The smallest absolute Gasteiger partial charge is 0.426 e. The van der Waals surface area contributed by atoms with E-state index in [9.17, 15) is 50.1 Å². The number of amides is 2. The van der Waals surface area contributed by atoms with Crippen molar-refractivity contribution >= 4 is 76.2 Å². The van der Waals surface area contributed by atoms with Gasteiger partial charge in [-0.2, -0.15) is 13.2 Å². The molecule has 12 rings (SSSR count). The van der Waals surface area contributed by atoms with E-state index in [0.717, 1.165) is 37.7 Å². The standard InChI is InChI=1S/C20H29F3O7S.C18H13S.C14H13NO2.C12H20O2.C10H14O/c1-4-17(2,3)15(24)30-19-8-12-5-13(9-19)7-18(6-12,11-19)16(25)29-14(20(21,22)23)10-31(26,27)28;1-2-8-14(9-3-1)19-17-12-6-4-10-15(17)16-11-5-7-13-18(16)19;1-4-11-5-7-12(8-6-11)15-13(16)9(2)10(3)14(15)17;1-5-11(2,3)10(13)14-12(4)8-6-7-9-12;1-3-8(2)9-5-4-6-10(11)7-9/h12-14H,4-11H2,1-3H3,(H,26,27,28);1-13H;1,5-10H,2-3H3;6,8H,5,7,9H2,1-4H3;4-8,11H,3H2,1-2H3/q;+1;;;/p-1. The second kappa shape index (κ2) is 29.3. The Balaban J connectivity index is 0.000000171. The molecule has 1 N–H and O–H groups in total. The Labute approximate surface area is 543 Å². The largest absolute Gasteiger partial charge is 0.748 e. The molecule has 13 nitrogen and oxygen atoms in total. The highest BCUT2D eigenvalue weighted by atomic mass is 32.2. The molecule has 1 aromatic heterocycles. The highest BCUT2D eigenvalue weighted by Gasteiger charge is 2.64. The van der Waals surface area contributed by atoms with Crippen LogP contribution in [0.15, 0.2) is 140 Å². The number of imide groups is 1.